The van der Waals surface area contributed by atoms with Gasteiger partial charge in [0.2, 0.25) is 0 Å². The van der Waals surface area contributed by atoms with E-state index >= 15 is 0 Å². The summed E-state index contributed by atoms with van der Waals surface area (Å²) >= 11 is 0. The third kappa shape index (κ3) is 41.7. The highest BCUT2D eigenvalue weighted by Crippen LogP contribution is 2.09. The molecule has 9 nitrogen and oxygen atoms in total. The second-order valence-electron chi connectivity index (χ2n) is 15.8. The molecular weight excluding hydrogens is 729 g/mol. The lowest BCUT2D eigenvalue weighted by atomic mass is 10.2. The van der Waals surface area contributed by atoms with Gasteiger partial charge in [0.1, 0.15) is 0 Å². The number of esters is 3. The molecule has 0 heterocycles. The second kappa shape index (κ2) is 45.6. The quantitative estimate of drug-likeness (QED) is 0.0278. The highest BCUT2D eigenvalue weighted by Gasteiger charge is 2.13. The highest BCUT2D eigenvalue weighted by molar-refractivity contribution is 5.70. The molecular formula is C49H90N2O7. The molecule has 0 spiro atoms. The molecule has 58 heavy (non-hydrogen) atoms. The van der Waals surface area contributed by atoms with Gasteiger partial charge in [0.15, 0.2) is 0 Å². The van der Waals surface area contributed by atoms with Crippen molar-refractivity contribution >= 4 is 17.9 Å². The van der Waals surface area contributed by atoms with Gasteiger partial charge in [-0.15, -0.1) is 0 Å². The molecule has 9 heteroatoms. The van der Waals surface area contributed by atoms with Crippen LogP contribution in [-0.2, 0) is 28.6 Å². The molecule has 0 saturated heterocycles. The Morgan fingerprint density at radius 2 is 0.672 bits per heavy atom. The smallest absolute Gasteiger partial charge is 0.305 e. The molecule has 0 bridgehead atoms. The van der Waals surface area contributed by atoms with Crippen LogP contribution in [0.1, 0.15) is 194 Å². The van der Waals surface area contributed by atoms with Gasteiger partial charge < -0.3 is 29.1 Å². The van der Waals surface area contributed by atoms with Crippen molar-refractivity contribution in [3.63, 3.8) is 0 Å². The number of nitrogens with zero attached hydrogens (tertiary/aromatic N) is 2. The first-order valence-electron chi connectivity index (χ1n) is 23.9. The zero-order valence-corrected chi connectivity index (χ0v) is 37.9. The van der Waals surface area contributed by atoms with Crippen LogP contribution in [0.5, 0.6) is 0 Å². The molecule has 0 atom stereocenters. The molecule has 338 valence electrons. The van der Waals surface area contributed by atoms with Crippen LogP contribution in [0.4, 0.5) is 0 Å². The maximum atomic E-state index is 12.5. The average molecular weight is 819 g/mol. The number of allylic oxidation sites excluding steroid dienone is 6. The Kier molecular flexibility index (Phi) is 43.6. The normalized spacial score (nSPS) is 11.9. The minimum Gasteiger partial charge on any atom is -0.466 e. The van der Waals surface area contributed by atoms with Gasteiger partial charge >= 0.3 is 17.9 Å². The van der Waals surface area contributed by atoms with Crippen LogP contribution in [0.15, 0.2) is 36.5 Å². The third-order valence-corrected chi connectivity index (χ3v) is 10.2. The van der Waals surface area contributed by atoms with Gasteiger partial charge in [-0.05, 0) is 155 Å². The minimum atomic E-state index is -0.144. The molecule has 0 aromatic heterocycles. The van der Waals surface area contributed by atoms with E-state index in [4.69, 9.17) is 14.2 Å². The number of carbonyl (C=O) groups excluding carboxylic acids is 3. The molecule has 0 aromatic rings. The number of rotatable bonds is 44. The van der Waals surface area contributed by atoms with Gasteiger partial charge in [-0.3, -0.25) is 14.4 Å². The zero-order chi connectivity index (χ0) is 42.4. The Labute approximate surface area is 356 Å². The third-order valence-electron chi connectivity index (χ3n) is 10.2. The van der Waals surface area contributed by atoms with E-state index in [1.54, 1.807) is 0 Å². The summed E-state index contributed by atoms with van der Waals surface area (Å²) in [6, 6.07) is 0. The molecule has 0 aliphatic heterocycles. The summed E-state index contributed by atoms with van der Waals surface area (Å²) in [7, 11) is 0. The van der Waals surface area contributed by atoms with Crippen LogP contribution >= 0.6 is 0 Å². The molecule has 0 saturated carbocycles. The molecule has 0 aliphatic rings. The summed E-state index contributed by atoms with van der Waals surface area (Å²) in [4.78, 5) is 42.1. The minimum absolute atomic E-state index is 0.130. The van der Waals surface area contributed by atoms with Crippen molar-refractivity contribution in [2.45, 2.75) is 194 Å². The molecule has 0 radical (unpaired) electrons. The van der Waals surface area contributed by atoms with Crippen LogP contribution in [0, 0.1) is 0 Å². The number of carbonyl (C=O) groups is 3. The first-order valence-corrected chi connectivity index (χ1v) is 23.9. The Morgan fingerprint density at radius 3 is 0.983 bits per heavy atom. The number of ether oxygens (including phenoxy) is 3. The van der Waals surface area contributed by atoms with E-state index in [1.165, 1.54) is 57.8 Å². The Morgan fingerprint density at radius 1 is 0.379 bits per heavy atom. The zero-order valence-electron chi connectivity index (χ0n) is 37.9. The van der Waals surface area contributed by atoms with E-state index in [9.17, 15) is 19.5 Å². The summed E-state index contributed by atoms with van der Waals surface area (Å²) in [5.41, 5.74) is 0. The Bertz CT molecular complexity index is 969. The molecule has 1 N–H and O–H groups in total. The summed E-state index contributed by atoms with van der Waals surface area (Å²) in [5, 5.41) is 9.37. The van der Waals surface area contributed by atoms with Gasteiger partial charge in [0.05, 0.1) is 19.8 Å². The van der Waals surface area contributed by atoms with Crippen LogP contribution in [0.2, 0.25) is 0 Å². The van der Waals surface area contributed by atoms with Gasteiger partial charge in [-0.1, -0.05) is 95.8 Å². The standard InChI is InChI=1S/C49H90N2O7/c1-4-7-10-13-16-19-22-27-44-56-47(53)34-30-38-50(37-25-26-43-52)41-33-42-51(39-31-35-48(54)57-45-28-23-20-17-14-11-8-5-2)40-32-36-49(55)58-46-29-24-21-18-15-12-9-6-3/h16-21,52H,4-15,22-46H2,1-3H3/b19-16-,20-17-,21-18-. The first kappa shape index (κ1) is 55.5. The molecule has 0 rings (SSSR count). The van der Waals surface area contributed by atoms with Crippen molar-refractivity contribution in [2.24, 2.45) is 0 Å². The predicted octanol–water partition coefficient (Wildman–Crippen LogP) is 11.5. The number of unbranched alkanes of at least 4 members (excludes halogenated alkanes) is 13. The van der Waals surface area contributed by atoms with E-state index in [2.05, 4.69) is 67.0 Å². The summed E-state index contributed by atoms with van der Waals surface area (Å²) in [6.45, 7) is 13.2. The maximum Gasteiger partial charge on any atom is 0.305 e. The van der Waals surface area contributed by atoms with Crippen molar-refractivity contribution in [1.82, 2.24) is 9.80 Å². The molecule has 0 aromatic carbocycles. The summed E-state index contributed by atoms with van der Waals surface area (Å²) in [6.07, 6.45) is 39.2. The van der Waals surface area contributed by atoms with Crippen molar-refractivity contribution in [3.8, 4) is 0 Å². The maximum absolute atomic E-state index is 12.5. The topological polar surface area (TPSA) is 106 Å². The Hall–Kier alpha value is -2.49. The number of hydrogen-bond acceptors (Lipinski definition) is 9. The molecule has 0 unspecified atom stereocenters. The first-order chi connectivity index (χ1) is 28.5. The SMILES string of the molecule is CCCCC/C=C\CCCOC(=O)CCCN(CCCCO)CCCN(CCCC(=O)OCCC/C=C\CCCCC)CCCC(=O)OCCC/C=C\CCCCC. The average Bonchev–Trinajstić information content (AvgIpc) is 3.21. The second-order valence-corrected chi connectivity index (χ2v) is 15.8. The summed E-state index contributed by atoms with van der Waals surface area (Å²) < 4.78 is 16.5. The predicted molar refractivity (Wildman–Crippen MR) is 242 cm³/mol. The number of aliphatic hydroxyl groups excluding tert-OH is 1. The van der Waals surface area contributed by atoms with E-state index in [0.717, 1.165) is 123 Å². The molecule has 0 fully saturated rings. The van der Waals surface area contributed by atoms with Crippen LogP contribution in [0.25, 0.3) is 0 Å². The van der Waals surface area contributed by atoms with Crippen LogP contribution < -0.4 is 0 Å². The van der Waals surface area contributed by atoms with Gasteiger partial charge in [-0.25, -0.2) is 0 Å². The molecule has 0 amide bonds. The fourth-order valence-corrected chi connectivity index (χ4v) is 6.60. The largest absolute Gasteiger partial charge is 0.466 e. The number of hydrogen-bond donors (Lipinski definition) is 1. The fraction of sp³-hybridized carbons (Fsp3) is 0.816. The van der Waals surface area contributed by atoms with Crippen LogP contribution in [-0.4, -0.2) is 98.5 Å². The molecule has 0 aliphatic carbocycles. The van der Waals surface area contributed by atoms with Gasteiger partial charge in [0.25, 0.3) is 0 Å². The van der Waals surface area contributed by atoms with Crippen LogP contribution in [0.3, 0.4) is 0 Å². The lowest BCUT2D eigenvalue weighted by Crippen LogP contribution is -2.33. The van der Waals surface area contributed by atoms with Crippen molar-refractivity contribution in [3.05, 3.63) is 36.5 Å². The van der Waals surface area contributed by atoms with Crippen molar-refractivity contribution in [2.75, 3.05) is 65.7 Å². The van der Waals surface area contributed by atoms with E-state index in [0.29, 0.717) is 51.9 Å². The Balaban J connectivity index is 4.80. The van der Waals surface area contributed by atoms with E-state index < -0.39 is 0 Å². The van der Waals surface area contributed by atoms with Crippen molar-refractivity contribution in [1.29, 1.82) is 0 Å². The monoisotopic (exact) mass is 819 g/mol. The fourth-order valence-electron chi connectivity index (χ4n) is 6.60. The lowest BCUT2D eigenvalue weighted by Gasteiger charge is -2.26. The number of aliphatic hydroxyl groups is 1. The van der Waals surface area contributed by atoms with E-state index in [1.807, 2.05) is 0 Å². The van der Waals surface area contributed by atoms with Gasteiger partial charge in [-0.2, -0.15) is 0 Å². The van der Waals surface area contributed by atoms with Gasteiger partial charge in [0, 0.05) is 25.9 Å². The lowest BCUT2D eigenvalue weighted by molar-refractivity contribution is -0.144. The van der Waals surface area contributed by atoms with E-state index in [-0.39, 0.29) is 24.5 Å². The highest BCUT2D eigenvalue weighted by atomic mass is 16.5. The van der Waals surface area contributed by atoms with Crippen molar-refractivity contribution < 1.29 is 33.7 Å². The summed E-state index contributed by atoms with van der Waals surface area (Å²) in [5.74, 6) is -0.418.